The average molecular weight is 291 g/mol. The molecule has 21 heavy (non-hydrogen) atoms. The fourth-order valence-electron chi connectivity index (χ4n) is 2.63. The SMILES string of the molecule is CCCN(CCC)CCCCCCOCc1ccccc1. The van der Waals surface area contributed by atoms with Crippen LogP contribution in [0.3, 0.4) is 0 Å². The lowest BCUT2D eigenvalue weighted by atomic mass is 10.2. The molecule has 0 saturated heterocycles. The van der Waals surface area contributed by atoms with E-state index < -0.39 is 0 Å². The summed E-state index contributed by atoms with van der Waals surface area (Å²) in [5.41, 5.74) is 1.27. The Morgan fingerprint density at radius 3 is 2.14 bits per heavy atom. The molecular formula is C19H33NO. The molecule has 0 aliphatic rings. The van der Waals surface area contributed by atoms with Gasteiger partial charge in [0.25, 0.3) is 0 Å². The van der Waals surface area contributed by atoms with Crippen LogP contribution in [0.25, 0.3) is 0 Å². The van der Waals surface area contributed by atoms with Crippen molar-refractivity contribution in [2.75, 3.05) is 26.2 Å². The molecule has 2 nitrogen and oxygen atoms in total. The van der Waals surface area contributed by atoms with Crippen molar-refractivity contribution < 1.29 is 4.74 Å². The van der Waals surface area contributed by atoms with Gasteiger partial charge >= 0.3 is 0 Å². The standard InChI is InChI=1S/C19H33NO/c1-3-14-20(15-4-2)16-10-5-6-11-17-21-18-19-12-8-7-9-13-19/h7-9,12-13H,3-6,10-11,14-18H2,1-2H3. The largest absolute Gasteiger partial charge is 0.377 e. The molecule has 120 valence electrons. The predicted octanol–water partition coefficient (Wildman–Crippen LogP) is 4.89. The van der Waals surface area contributed by atoms with Crippen molar-refractivity contribution in [2.45, 2.75) is 59.0 Å². The molecule has 0 heterocycles. The second-order valence-corrected chi connectivity index (χ2v) is 5.79. The molecule has 0 saturated carbocycles. The Labute approximate surface area is 131 Å². The molecule has 0 bridgehead atoms. The Morgan fingerprint density at radius 2 is 1.48 bits per heavy atom. The lowest BCUT2D eigenvalue weighted by Gasteiger charge is -2.20. The normalized spacial score (nSPS) is 11.2. The fourth-order valence-corrected chi connectivity index (χ4v) is 2.63. The third-order valence-electron chi connectivity index (χ3n) is 3.70. The highest BCUT2D eigenvalue weighted by Crippen LogP contribution is 2.05. The van der Waals surface area contributed by atoms with Crippen LogP contribution in [0.1, 0.15) is 57.9 Å². The predicted molar refractivity (Wildman–Crippen MR) is 91.6 cm³/mol. The van der Waals surface area contributed by atoms with Gasteiger partial charge in [-0.2, -0.15) is 0 Å². The van der Waals surface area contributed by atoms with Crippen LogP contribution in [0.2, 0.25) is 0 Å². The van der Waals surface area contributed by atoms with Crippen molar-refractivity contribution in [3.63, 3.8) is 0 Å². The minimum Gasteiger partial charge on any atom is -0.377 e. The molecule has 1 rings (SSSR count). The van der Waals surface area contributed by atoms with Crippen molar-refractivity contribution in [3.8, 4) is 0 Å². The summed E-state index contributed by atoms with van der Waals surface area (Å²) in [6.45, 7) is 9.97. The van der Waals surface area contributed by atoms with Gasteiger partial charge in [-0.1, -0.05) is 57.0 Å². The molecule has 0 amide bonds. The Balaban J connectivity index is 1.92. The third-order valence-corrected chi connectivity index (χ3v) is 3.70. The minimum atomic E-state index is 0.752. The summed E-state index contributed by atoms with van der Waals surface area (Å²) in [6.07, 6.45) is 7.69. The zero-order chi connectivity index (χ0) is 15.2. The Hall–Kier alpha value is -0.860. The van der Waals surface area contributed by atoms with Crippen molar-refractivity contribution in [1.82, 2.24) is 4.90 Å². The summed E-state index contributed by atoms with van der Waals surface area (Å²) >= 11 is 0. The highest BCUT2D eigenvalue weighted by molar-refractivity contribution is 5.13. The van der Waals surface area contributed by atoms with Gasteiger partial charge in [0.2, 0.25) is 0 Å². The number of rotatable bonds is 13. The zero-order valence-electron chi connectivity index (χ0n) is 14.0. The number of benzene rings is 1. The van der Waals surface area contributed by atoms with Gasteiger partial charge in [0.05, 0.1) is 6.61 Å². The maximum atomic E-state index is 5.71. The summed E-state index contributed by atoms with van der Waals surface area (Å²) in [5.74, 6) is 0. The molecule has 0 N–H and O–H groups in total. The fraction of sp³-hybridized carbons (Fsp3) is 0.684. The van der Waals surface area contributed by atoms with Gasteiger partial charge in [-0.25, -0.2) is 0 Å². The quantitative estimate of drug-likeness (QED) is 0.480. The molecule has 0 unspecified atom stereocenters. The first kappa shape index (κ1) is 18.2. The number of ether oxygens (including phenoxy) is 1. The van der Waals surface area contributed by atoms with E-state index in [2.05, 4.69) is 43.0 Å². The molecule has 0 aliphatic heterocycles. The Morgan fingerprint density at radius 1 is 0.810 bits per heavy atom. The topological polar surface area (TPSA) is 12.5 Å². The number of hydrogen-bond donors (Lipinski definition) is 0. The second-order valence-electron chi connectivity index (χ2n) is 5.79. The van der Waals surface area contributed by atoms with Crippen LogP contribution in [-0.4, -0.2) is 31.1 Å². The molecule has 0 atom stereocenters. The summed E-state index contributed by atoms with van der Waals surface area (Å²) < 4.78 is 5.71. The van der Waals surface area contributed by atoms with E-state index >= 15 is 0 Å². The monoisotopic (exact) mass is 291 g/mol. The van der Waals surface area contributed by atoms with Crippen LogP contribution in [0.15, 0.2) is 30.3 Å². The first-order valence-electron chi connectivity index (χ1n) is 8.70. The molecule has 0 radical (unpaired) electrons. The smallest absolute Gasteiger partial charge is 0.0716 e. The van der Waals surface area contributed by atoms with E-state index in [4.69, 9.17) is 4.74 Å². The maximum Gasteiger partial charge on any atom is 0.0716 e. The molecule has 0 fully saturated rings. The van der Waals surface area contributed by atoms with E-state index in [0.29, 0.717) is 0 Å². The van der Waals surface area contributed by atoms with Crippen LogP contribution in [0, 0.1) is 0 Å². The van der Waals surface area contributed by atoms with Gasteiger partial charge in [0, 0.05) is 6.61 Å². The Bertz CT molecular complexity index is 320. The molecule has 1 aromatic rings. The van der Waals surface area contributed by atoms with E-state index in [1.165, 1.54) is 63.7 Å². The third kappa shape index (κ3) is 9.65. The molecule has 0 aromatic heterocycles. The van der Waals surface area contributed by atoms with Crippen LogP contribution in [-0.2, 0) is 11.3 Å². The second kappa shape index (κ2) is 12.8. The van der Waals surface area contributed by atoms with E-state index in [-0.39, 0.29) is 0 Å². The van der Waals surface area contributed by atoms with Crippen LogP contribution < -0.4 is 0 Å². The summed E-state index contributed by atoms with van der Waals surface area (Å²) in [5, 5.41) is 0. The van der Waals surface area contributed by atoms with Gasteiger partial charge in [0.1, 0.15) is 0 Å². The Kier molecular flexibility index (Phi) is 11.1. The van der Waals surface area contributed by atoms with Crippen LogP contribution in [0.5, 0.6) is 0 Å². The van der Waals surface area contributed by atoms with Gasteiger partial charge in [-0.15, -0.1) is 0 Å². The van der Waals surface area contributed by atoms with Crippen molar-refractivity contribution in [3.05, 3.63) is 35.9 Å². The van der Waals surface area contributed by atoms with E-state index in [0.717, 1.165) is 13.2 Å². The van der Waals surface area contributed by atoms with E-state index in [1.807, 2.05) is 6.07 Å². The first-order valence-corrected chi connectivity index (χ1v) is 8.70. The van der Waals surface area contributed by atoms with Gasteiger partial charge < -0.3 is 9.64 Å². The zero-order valence-corrected chi connectivity index (χ0v) is 14.0. The summed E-state index contributed by atoms with van der Waals surface area (Å²) in [6, 6.07) is 10.4. The van der Waals surface area contributed by atoms with Crippen molar-refractivity contribution in [1.29, 1.82) is 0 Å². The van der Waals surface area contributed by atoms with Gasteiger partial charge in [0.15, 0.2) is 0 Å². The first-order chi connectivity index (χ1) is 10.4. The van der Waals surface area contributed by atoms with Crippen LogP contribution >= 0.6 is 0 Å². The number of unbranched alkanes of at least 4 members (excludes halogenated alkanes) is 3. The van der Waals surface area contributed by atoms with Crippen LogP contribution in [0.4, 0.5) is 0 Å². The number of nitrogens with zero attached hydrogens (tertiary/aromatic N) is 1. The van der Waals surface area contributed by atoms with E-state index in [9.17, 15) is 0 Å². The minimum absolute atomic E-state index is 0.752. The summed E-state index contributed by atoms with van der Waals surface area (Å²) in [7, 11) is 0. The summed E-state index contributed by atoms with van der Waals surface area (Å²) in [4.78, 5) is 2.60. The molecule has 1 aromatic carbocycles. The maximum absolute atomic E-state index is 5.71. The van der Waals surface area contributed by atoms with Crippen molar-refractivity contribution in [2.24, 2.45) is 0 Å². The highest BCUT2D eigenvalue weighted by Gasteiger charge is 2.01. The van der Waals surface area contributed by atoms with Crippen molar-refractivity contribution >= 4 is 0 Å². The molecular weight excluding hydrogens is 258 g/mol. The van der Waals surface area contributed by atoms with E-state index in [1.54, 1.807) is 0 Å². The van der Waals surface area contributed by atoms with Gasteiger partial charge in [-0.3, -0.25) is 0 Å². The lowest BCUT2D eigenvalue weighted by Crippen LogP contribution is -2.26. The average Bonchev–Trinajstić information content (AvgIpc) is 2.51. The lowest BCUT2D eigenvalue weighted by molar-refractivity contribution is 0.116. The molecule has 2 heteroatoms. The highest BCUT2D eigenvalue weighted by atomic mass is 16.5. The van der Waals surface area contributed by atoms with Gasteiger partial charge in [-0.05, 0) is 50.9 Å². The number of hydrogen-bond acceptors (Lipinski definition) is 2. The molecule has 0 spiro atoms. The molecule has 0 aliphatic carbocycles.